The number of aromatic nitrogens is 2. The van der Waals surface area contributed by atoms with Crippen molar-refractivity contribution in [1.82, 2.24) is 15.3 Å². The Balaban J connectivity index is 2.19. The summed E-state index contributed by atoms with van der Waals surface area (Å²) in [6, 6.07) is 0. The SMILES string of the molecule is CCNCCCNc1ncnc2sc(C(=O)O)c(C)c12. The molecule has 0 amide bonds. The third-order valence-corrected chi connectivity index (χ3v) is 4.18. The lowest BCUT2D eigenvalue weighted by molar-refractivity contribution is 0.0701. The number of aromatic carboxylic acids is 1. The highest BCUT2D eigenvalue weighted by Crippen LogP contribution is 2.32. The lowest BCUT2D eigenvalue weighted by Crippen LogP contribution is -2.17. The molecular weight excluding hydrogens is 276 g/mol. The molecule has 6 nitrogen and oxygen atoms in total. The first-order chi connectivity index (χ1) is 9.65. The fourth-order valence-electron chi connectivity index (χ4n) is 2.01. The van der Waals surface area contributed by atoms with E-state index in [9.17, 15) is 4.79 Å². The normalized spacial score (nSPS) is 10.9. The fourth-order valence-corrected chi connectivity index (χ4v) is 2.99. The van der Waals surface area contributed by atoms with Gasteiger partial charge in [0.15, 0.2) is 0 Å². The van der Waals surface area contributed by atoms with E-state index in [0.29, 0.717) is 15.5 Å². The molecule has 2 aromatic rings. The number of hydrogen-bond acceptors (Lipinski definition) is 6. The van der Waals surface area contributed by atoms with Gasteiger partial charge in [0.2, 0.25) is 0 Å². The quantitative estimate of drug-likeness (QED) is 0.678. The van der Waals surface area contributed by atoms with Gasteiger partial charge in [-0.25, -0.2) is 14.8 Å². The van der Waals surface area contributed by atoms with Crippen LogP contribution in [0.2, 0.25) is 0 Å². The van der Waals surface area contributed by atoms with Crippen molar-refractivity contribution < 1.29 is 9.90 Å². The largest absolute Gasteiger partial charge is 0.477 e. The van der Waals surface area contributed by atoms with E-state index in [0.717, 1.165) is 37.0 Å². The predicted octanol–water partition coefficient (Wildman–Crippen LogP) is 2.11. The molecule has 0 spiro atoms. The number of fused-ring (bicyclic) bond motifs is 1. The first-order valence-electron chi connectivity index (χ1n) is 6.57. The molecule has 3 N–H and O–H groups in total. The number of carboxylic acids is 1. The number of carboxylic acid groups (broad SMARTS) is 1. The third-order valence-electron chi connectivity index (χ3n) is 2.99. The summed E-state index contributed by atoms with van der Waals surface area (Å²) in [6.07, 6.45) is 2.45. The molecule has 0 fully saturated rings. The number of nitrogens with zero attached hydrogens (tertiary/aromatic N) is 2. The van der Waals surface area contributed by atoms with Crippen LogP contribution in [0.3, 0.4) is 0 Å². The Morgan fingerprint density at radius 2 is 2.20 bits per heavy atom. The van der Waals surface area contributed by atoms with Crippen molar-refractivity contribution in [2.24, 2.45) is 0 Å². The van der Waals surface area contributed by atoms with Gasteiger partial charge in [-0.3, -0.25) is 0 Å². The molecule has 0 atom stereocenters. The van der Waals surface area contributed by atoms with E-state index in [1.165, 1.54) is 17.7 Å². The average molecular weight is 294 g/mol. The maximum atomic E-state index is 11.2. The van der Waals surface area contributed by atoms with Crippen LogP contribution >= 0.6 is 11.3 Å². The molecule has 0 aliphatic heterocycles. The maximum absolute atomic E-state index is 11.2. The van der Waals surface area contributed by atoms with E-state index in [4.69, 9.17) is 5.11 Å². The summed E-state index contributed by atoms with van der Waals surface area (Å²) in [5.41, 5.74) is 0.729. The van der Waals surface area contributed by atoms with Crippen LogP contribution in [0.25, 0.3) is 10.2 Å². The minimum atomic E-state index is -0.913. The van der Waals surface area contributed by atoms with Crippen molar-refractivity contribution in [3.05, 3.63) is 16.8 Å². The van der Waals surface area contributed by atoms with Crippen molar-refractivity contribution in [3.8, 4) is 0 Å². The molecule has 20 heavy (non-hydrogen) atoms. The molecule has 2 aromatic heterocycles. The summed E-state index contributed by atoms with van der Waals surface area (Å²) >= 11 is 1.19. The van der Waals surface area contributed by atoms with Gasteiger partial charge in [0.1, 0.15) is 21.9 Å². The van der Waals surface area contributed by atoms with E-state index in [2.05, 4.69) is 27.5 Å². The molecule has 0 saturated heterocycles. The van der Waals surface area contributed by atoms with E-state index in [-0.39, 0.29) is 0 Å². The molecule has 0 saturated carbocycles. The topological polar surface area (TPSA) is 87.1 Å². The van der Waals surface area contributed by atoms with Crippen LogP contribution in [-0.4, -0.2) is 40.7 Å². The Labute approximate surface area is 121 Å². The second-order valence-electron chi connectivity index (χ2n) is 4.40. The van der Waals surface area contributed by atoms with Crippen LogP contribution in [0, 0.1) is 6.92 Å². The molecular formula is C13H18N4O2S. The number of anilines is 1. The van der Waals surface area contributed by atoms with E-state index < -0.39 is 5.97 Å². The second-order valence-corrected chi connectivity index (χ2v) is 5.40. The first kappa shape index (κ1) is 14.7. The van der Waals surface area contributed by atoms with Gasteiger partial charge in [0, 0.05) is 6.54 Å². The number of rotatable bonds is 7. The molecule has 108 valence electrons. The van der Waals surface area contributed by atoms with E-state index in [1.54, 1.807) is 6.92 Å². The van der Waals surface area contributed by atoms with Crippen LogP contribution in [-0.2, 0) is 0 Å². The van der Waals surface area contributed by atoms with Gasteiger partial charge in [-0.1, -0.05) is 6.92 Å². The molecule has 7 heteroatoms. The third kappa shape index (κ3) is 3.05. The highest BCUT2D eigenvalue weighted by molar-refractivity contribution is 7.20. The summed E-state index contributed by atoms with van der Waals surface area (Å²) in [5, 5.41) is 16.5. The minimum absolute atomic E-state index is 0.330. The highest BCUT2D eigenvalue weighted by atomic mass is 32.1. The number of hydrogen-bond donors (Lipinski definition) is 3. The zero-order valence-electron chi connectivity index (χ0n) is 11.6. The number of aryl methyl sites for hydroxylation is 1. The summed E-state index contributed by atoms with van der Waals surface area (Å²) in [7, 11) is 0. The second kappa shape index (κ2) is 6.62. The van der Waals surface area contributed by atoms with Crippen LogP contribution in [0.1, 0.15) is 28.6 Å². The van der Waals surface area contributed by atoms with Crippen LogP contribution in [0.5, 0.6) is 0 Å². The zero-order chi connectivity index (χ0) is 14.5. The Morgan fingerprint density at radius 3 is 2.90 bits per heavy atom. The first-order valence-corrected chi connectivity index (χ1v) is 7.38. The Bertz CT molecular complexity index is 612. The standard InChI is InChI=1S/C13H18N4O2S/c1-3-14-5-4-6-15-11-9-8(2)10(13(18)19)20-12(9)17-7-16-11/h7,14H,3-6H2,1-2H3,(H,18,19)(H,15,16,17). The van der Waals surface area contributed by atoms with Gasteiger partial charge in [-0.15, -0.1) is 11.3 Å². The summed E-state index contributed by atoms with van der Waals surface area (Å²) in [6.45, 7) is 6.57. The van der Waals surface area contributed by atoms with E-state index in [1.807, 2.05) is 0 Å². The van der Waals surface area contributed by atoms with Crippen LogP contribution in [0.4, 0.5) is 5.82 Å². The number of thiophene rings is 1. The van der Waals surface area contributed by atoms with Crippen molar-refractivity contribution in [2.45, 2.75) is 20.3 Å². The molecule has 0 aliphatic carbocycles. The van der Waals surface area contributed by atoms with Gasteiger partial charge in [0.05, 0.1) is 5.39 Å². The zero-order valence-corrected chi connectivity index (χ0v) is 12.4. The van der Waals surface area contributed by atoms with Crippen LogP contribution < -0.4 is 10.6 Å². The molecule has 2 rings (SSSR count). The average Bonchev–Trinajstić information content (AvgIpc) is 2.77. The lowest BCUT2D eigenvalue weighted by atomic mass is 10.2. The highest BCUT2D eigenvalue weighted by Gasteiger charge is 2.18. The number of nitrogens with one attached hydrogen (secondary N) is 2. The molecule has 0 radical (unpaired) electrons. The number of carbonyl (C=O) groups is 1. The van der Waals surface area contributed by atoms with Gasteiger partial charge < -0.3 is 15.7 Å². The predicted molar refractivity (Wildman–Crippen MR) is 80.8 cm³/mol. The summed E-state index contributed by atoms with van der Waals surface area (Å²) < 4.78 is 0. The summed E-state index contributed by atoms with van der Waals surface area (Å²) in [4.78, 5) is 20.6. The molecule has 0 aromatic carbocycles. The van der Waals surface area contributed by atoms with Crippen molar-refractivity contribution in [2.75, 3.05) is 25.0 Å². The van der Waals surface area contributed by atoms with Crippen molar-refractivity contribution in [1.29, 1.82) is 0 Å². The Morgan fingerprint density at radius 1 is 1.40 bits per heavy atom. The monoisotopic (exact) mass is 294 g/mol. The Kier molecular flexibility index (Phi) is 4.86. The van der Waals surface area contributed by atoms with Gasteiger partial charge in [0.25, 0.3) is 0 Å². The molecule has 0 unspecified atom stereocenters. The smallest absolute Gasteiger partial charge is 0.346 e. The van der Waals surface area contributed by atoms with Crippen molar-refractivity contribution >= 4 is 33.3 Å². The van der Waals surface area contributed by atoms with Gasteiger partial charge >= 0.3 is 5.97 Å². The maximum Gasteiger partial charge on any atom is 0.346 e. The molecule has 2 heterocycles. The fraction of sp³-hybridized carbons (Fsp3) is 0.462. The minimum Gasteiger partial charge on any atom is -0.477 e. The van der Waals surface area contributed by atoms with E-state index >= 15 is 0 Å². The van der Waals surface area contributed by atoms with Gasteiger partial charge in [-0.05, 0) is 32.0 Å². The summed E-state index contributed by atoms with van der Waals surface area (Å²) in [5.74, 6) is -0.198. The van der Waals surface area contributed by atoms with Crippen molar-refractivity contribution in [3.63, 3.8) is 0 Å². The van der Waals surface area contributed by atoms with Crippen LogP contribution in [0.15, 0.2) is 6.33 Å². The lowest BCUT2D eigenvalue weighted by Gasteiger charge is -2.07. The molecule has 0 aliphatic rings. The Hall–Kier alpha value is -1.73. The molecule has 0 bridgehead atoms. The van der Waals surface area contributed by atoms with Gasteiger partial charge in [-0.2, -0.15) is 0 Å².